The Morgan fingerprint density at radius 1 is 1.09 bits per heavy atom. The molecule has 0 unspecified atom stereocenters. The first kappa shape index (κ1) is 22.0. The zero-order chi connectivity index (χ0) is 22.9. The van der Waals surface area contributed by atoms with Crippen molar-refractivity contribution in [3.05, 3.63) is 53.9 Å². The fourth-order valence-corrected chi connectivity index (χ4v) is 4.20. The van der Waals surface area contributed by atoms with Gasteiger partial charge < -0.3 is 18.9 Å². The van der Waals surface area contributed by atoms with E-state index in [4.69, 9.17) is 9.47 Å². The van der Waals surface area contributed by atoms with Gasteiger partial charge >= 0.3 is 6.18 Å². The lowest BCUT2D eigenvalue weighted by atomic mass is 9.96. The maximum Gasteiger partial charge on any atom is 0.449 e. The van der Waals surface area contributed by atoms with E-state index in [1.807, 2.05) is 0 Å². The number of hydrogen-bond acceptors (Lipinski definition) is 4. The summed E-state index contributed by atoms with van der Waals surface area (Å²) in [6.07, 6.45) is -3.32. The van der Waals surface area contributed by atoms with Crippen molar-refractivity contribution < 1.29 is 27.4 Å². The first-order chi connectivity index (χ1) is 15.3. The topological polar surface area (TPSA) is 56.6 Å². The summed E-state index contributed by atoms with van der Waals surface area (Å²) in [7, 11) is 3.03. The van der Waals surface area contributed by atoms with Crippen LogP contribution in [0.25, 0.3) is 11.0 Å². The molecule has 170 valence electrons. The molecule has 0 radical (unpaired) electrons. The number of amides is 1. The van der Waals surface area contributed by atoms with Crippen molar-refractivity contribution in [2.75, 3.05) is 27.3 Å². The number of rotatable bonds is 5. The summed E-state index contributed by atoms with van der Waals surface area (Å²) in [5.41, 5.74) is 1.24. The Morgan fingerprint density at radius 2 is 1.81 bits per heavy atom. The van der Waals surface area contributed by atoms with E-state index in [1.54, 1.807) is 47.4 Å². The zero-order valence-electron chi connectivity index (χ0n) is 17.9. The first-order valence-electron chi connectivity index (χ1n) is 10.4. The molecule has 6 nitrogen and oxygen atoms in total. The minimum Gasteiger partial charge on any atom is -0.497 e. The first-order valence-corrected chi connectivity index (χ1v) is 10.4. The van der Waals surface area contributed by atoms with E-state index >= 15 is 0 Å². The molecule has 1 saturated heterocycles. The standard InChI is InChI=1S/C23H24F3N3O3/c1-31-16-7-8-17(20(13-16)32-2)21(30)28-11-9-15(10-12-28)14-29-19-6-4-3-5-18(19)27-22(29)23(24,25)26/h3-8,13,15H,9-12,14H2,1-2H3. The van der Waals surface area contributed by atoms with Crippen molar-refractivity contribution in [3.8, 4) is 11.5 Å². The van der Waals surface area contributed by atoms with E-state index in [2.05, 4.69) is 4.98 Å². The van der Waals surface area contributed by atoms with Gasteiger partial charge in [-0.15, -0.1) is 0 Å². The van der Waals surface area contributed by atoms with Crippen molar-refractivity contribution in [2.45, 2.75) is 25.6 Å². The molecule has 0 saturated carbocycles. The summed E-state index contributed by atoms with van der Waals surface area (Å²) < 4.78 is 52.5. The smallest absolute Gasteiger partial charge is 0.449 e. The molecule has 9 heteroatoms. The lowest BCUT2D eigenvalue weighted by Crippen LogP contribution is -2.39. The van der Waals surface area contributed by atoms with E-state index in [1.165, 1.54) is 18.8 Å². The summed E-state index contributed by atoms with van der Waals surface area (Å²) in [6.45, 7) is 1.14. The van der Waals surface area contributed by atoms with Crippen molar-refractivity contribution in [1.82, 2.24) is 14.5 Å². The molecule has 0 N–H and O–H groups in total. The van der Waals surface area contributed by atoms with Crippen molar-refractivity contribution >= 4 is 16.9 Å². The van der Waals surface area contributed by atoms with Crippen LogP contribution in [0.2, 0.25) is 0 Å². The summed E-state index contributed by atoms with van der Waals surface area (Å²) in [5, 5.41) is 0. The largest absolute Gasteiger partial charge is 0.497 e. The third-order valence-corrected chi connectivity index (χ3v) is 5.89. The number of nitrogens with zero attached hydrogens (tertiary/aromatic N) is 3. The lowest BCUT2D eigenvalue weighted by Gasteiger charge is -2.33. The molecule has 1 aromatic heterocycles. The Bertz CT molecular complexity index is 1120. The van der Waals surface area contributed by atoms with Gasteiger partial charge in [-0.3, -0.25) is 4.79 Å². The molecule has 4 rings (SSSR count). The Balaban J connectivity index is 1.48. The van der Waals surface area contributed by atoms with Crippen LogP contribution in [0.5, 0.6) is 11.5 Å². The lowest BCUT2D eigenvalue weighted by molar-refractivity contribution is -0.147. The number of benzene rings is 2. The average Bonchev–Trinajstić information content (AvgIpc) is 3.17. The minimum atomic E-state index is -4.53. The second-order valence-corrected chi connectivity index (χ2v) is 7.83. The van der Waals surface area contributed by atoms with Gasteiger partial charge in [0.2, 0.25) is 5.82 Å². The van der Waals surface area contributed by atoms with Gasteiger partial charge in [-0.2, -0.15) is 13.2 Å². The second-order valence-electron chi connectivity index (χ2n) is 7.83. The third kappa shape index (κ3) is 4.24. The number of methoxy groups -OCH3 is 2. The van der Waals surface area contributed by atoms with Crippen LogP contribution in [0, 0.1) is 5.92 Å². The van der Waals surface area contributed by atoms with Crippen LogP contribution in [0.3, 0.4) is 0 Å². The normalized spacial score (nSPS) is 15.2. The molecule has 0 atom stereocenters. The number of imidazole rings is 1. The predicted octanol–water partition coefficient (Wildman–Crippen LogP) is 4.62. The number of para-hydroxylation sites is 2. The average molecular weight is 447 g/mol. The number of likely N-dealkylation sites (tertiary alicyclic amines) is 1. The van der Waals surface area contributed by atoms with E-state index in [-0.39, 0.29) is 18.4 Å². The van der Waals surface area contributed by atoms with Gasteiger partial charge in [0.1, 0.15) is 11.5 Å². The van der Waals surface area contributed by atoms with Gasteiger partial charge in [0.15, 0.2) is 0 Å². The van der Waals surface area contributed by atoms with Crippen LogP contribution >= 0.6 is 0 Å². The molecule has 0 bridgehead atoms. The predicted molar refractivity (Wildman–Crippen MR) is 113 cm³/mol. The maximum absolute atomic E-state index is 13.6. The molecule has 2 aromatic carbocycles. The molecular formula is C23H24F3N3O3. The molecule has 1 amide bonds. The van der Waals surface area contributed by atoms with Gasteiger partial charge in [0.05, 0.1) is 30.8 Å². The van der Waals surface area contributed by atoms with E-state index in [0.29, 0.717) is 54.0 Å². The third-order valence-electron chi connectivity index (χ3n) is 5.89. The van der Waals surface area contributed by atoms with Crippen LogP contribution < -0.4 is 9.47 Å². The Labute approximate surface area is 183 Å². The van der Waals surface area contributed by atoms with Crippen LogP contribution in [-0.2, 0) is 12.7 Å². The molecule has 3 aromatic rings. The molecule has 1 aliphatic heterocycles. The fourth-order valence-electron chi connectivity index (χ4n) is 4.20. The zero-order valence-corrected chi connectivity index (χ0v) is 17.9. The number of aromatic nitrogens is 2. The second kappa shape index (κ2) is 8.72. The summed E-state index contributed by atoms with van der Waals surface area (Å²) >= 11 is 0. The number of carbonyl (C=O) groups excluding carboxylic acids is 1. The highest BCUT2D eigenvalue weighted by molar-refractivity contribution is 5.97. The molecular weight excluding hydrogens is 423 g/mol. The van der Waals surface area contributed by atoms with Crippen LogP contribution in [-0.4, -0.2) is 47.7 Å². The van der Waals surface area contributed by atoms with Crippen LogP contribution in [0.15, 0.2) is 42.5 Å². The van der Waals surface area contributed by atoms with Crippen molar-refractivity contribution in [1.29, 1.82) is 0 Å². The van der Waals surface area contributed by atoms with E-state index in [0.717, 1.165) is 0 Å². The number of ether oxygens (including phenoxy) is 2. The van der Waals surface area contributed by atoms with Crippen molar-refractivity contribution in [3.63, 3.8) is 0 Å². The number of fused-ring (bicyclic) bond motifs is 1. The number of carbonyl (C=O) groups is 1. The number of piperidine rings is 1. The molecule has 1 aliphatic rings. The Kier molecular flexibility index (Phi) is 5.99. The van der Waals surface area contributed by atoms with Crippen LogP contribution in [0.1, 0.15) is 29.0 Å². The van der Waals surface area contributed by atoms with E-state index < -0.39 is 12.0 Å². The molecule has 32 heavy (non-hydrogen) atoms. The maximum atomic E-state index is 13.6. The molecule has 2 heterocycles. The van der Waals surface area contributed by atoms with Gasteiger partial charge in [0.25, 0.3) is 5.91 Å². The van der Waals surface area contributed by atoms with Crippen LogP contribution in [0.4, 0.5) is 13.2 Å². The van der Waals surface area contributed by atoms with Gasteiger partial charge in [-0.25, -0.2) is 4.98 Å². The van der Waals surface area contributed by atoms with Gasteiger partial charge in [-0.05, 0) is 43.0 Å². The fraction of sp³-hybridized carbons (Fsp3) is 0.391. The van der Waals surface area contributed by atoms with Gasteiger partial charge in [0, 0.05) is 25.7 Å². The van der Waals surface area contributed by atoms with Crippen molar-refractivity contribution in [2.24, 2.45) is 5.92 Å². The number of hydrogen-bond donors (Lipinski definition) is 0. The number of alkyl halides is 3. The Hall–Kier alpha value is -3.23. The Morgan fingerprint density at radius 3 is 2.47 bits per heavy atom. The minimum absolute atomic E-state index is 0.00974. The highest BCUT2D eigenvalue weighted by Gasteiger charge is 2.38. The molecule has 0 spiro atoms. The summed E-state index contributed by atoms with van der Waals surface area (Å²) in [4.78, 5) is 18.5. The van der Waals surface area contributed by atoms with Gasteiger partial charge in [-0.1, -0.05) is 12.1 Å². The highest BCUT2D eigenvalue weighted by atomic mass is 19.4. The molecule has 1 fully saturated rings. The number of halogens is 3. The quantitative estimate of drug-likeness (QED) is 0.573. The summed E-state index contributed by atoms with van der Waals surface area (Å²) in [6, 6.07) is 11.7. The van der Waals surface area contributed by atoms with E-state index in [9.17, 15) is 18.0 Å². The molecule has 0 aliphatic carbocycles. The summed E-state index contributed by atoms with van der Waals surface area (Å²) in [5.74, 6) is -0.0102. The highest BCUT2D eigenvalue weighted by Crippen LogP contribution is 2.33. The monoisotopic (exact) mass is 447 g/mol. The SMILES string of the molecule is COc1ccc(C(=O)N2CCC(Cn3c(C(F)(F)F)nc4ccccc43)CC2)c(OC)c1.